The number of hydrogen-bond acceptors (Lipinski definition) is 3. The van der Waals surface area contributed by atoms with Crippen LogP contribution < -0.4 is 4.90 Å². The number of carbonyl (C=O) groups is 2. The van der Waals surface area contributed by atoms with E-state index < -0.39 is 0 Å². The van der Waals surface area contributed by atoms with Crippen LogP contribution in [0.25, 0.3) is 0 Å². The van der Waals surface area contributed by atoms with Crippen LogP contribution >= 0.6 is 0 Å². The summed E-state index contributed by atoms with van der Waals surface area (Å²) in [4.78, 5) is 32.3. The number of halogens is 1. The molecular weight excluding hydrogens is 429 g/mol. The van der Waals surface area contributed by atoms with Crippen LogP contribution in [-0.4, -0.2) is 47.8 Å². The first-order valence-electron chi connectivity index (χ1n) is 11.7. The monoisotopic (exact) mass is 457 g/mol. The number of anilines is 1. The third-order valence-electron chi connectivity index (χ3n) is 6.88. The molecule has 34 heavy (non-hydrogen) atoms. The van der Waals surface area contributed by atoms with Crippen LogP contribution in [0.3, 0.4) is 0 Å². The smallest absolute Gasteiger partial charge is 0.255 e. The quantitative estimate of drug-likeness (QED) is 0.564. The number of piperazine rings is 1. The van der Waals surface area contributed by atoms with E-state index in [1.54, 1.807) is 12.1 Å². The number of carbonyl (C=O) groups excluding carboxylic acids is 2. The molecule has 5 rings (SSSR count). The van der Waals surface area contributed by atoms with E-state index in [2.05, 4.69) is 0 Å². The van der Waals surface area contributed by atoms with Crippen molar-refractivity contribution in [2.45, 2.75) is 25.9 Å². The van der Waals surface area contributed by atoms with Crippen molar-refractivity contribution < 1.29 is 14.0 Å². The summed E-state index contributed by atoms with van der Waals surface area (Å²) < 4.78 is 14.2. The Labute approximate surface area is 199 Å². The van der Waals surface area contributed by atoms with Gasteiger partial charge in [0.2, 0.25) is 5.91 Å². The lowest BCUT2D eigenvalue weighted by Gasteiger charge is -2.37. The zero-order valence-corrected chi connectivity index (χ0v) is 19.3. The molecule has 0 bridgehead atoms. The summed E-state index contributed by atoms with van der Waals surface area (Å²) in [7, 11) is 0. The lowest BCUT2D eigenvalue weighted by Crippen LogP contribution is -2.49. The zero-order valence-electron chi connectivity index (χ0n) is 19.3. The van der Waals surface area contributed by atoms with Crippen molar-refractivity contribution in [3.05, 3.63) is 101 Å². The first-order chi connectivity index (χ1) is 16.5. The van der Waals surface area contributed by atoms with E-state index in [9.17, 15) is 14.0 Å². The van der Waals surface area contributed by atoms with Crippen LogP contribution in [0.5, 0.6) is 0 Å². The minimum Gasteiger partial charge on any atom is -0.366 e. The van der Waals surface area contributed by atoms with Gasteiger partial charge >= 0.3 is 0 Å². The summed E-state index contributed by atoms with van der Waals surface area (Å²) in [5.74, 6) is -0.255. The molecule has 0 aromatic heterocycles. The molecule has 0 aliphatic carbocycles. The Balaban J connectivity index is 1.32. The molecule has 0 saturated carbocycles. The number of hydrogen-bond donors (Lipinski definition) is 0. The van der Waals surface area contributed by atoms with Crippen LogP contribution in [0.4, 0.5) is 10.1 Å². The lowest BCUT2D eigenvalue weighted by atomic mass is 9.99. The van der Waals surface area contributed by atoms with Crippen LogP contribution in [-0.2, 0) is 11.3 Å². The summed E-state index contributed by atoms with van der Waals surface area (Å²) in [6, 6.07) is 22.1. The number of rotatable bonds is 5. The molecule has 0 spiro atoms. The highest BCUT2D eigenvalue weighted by molar-refractivity contribution is 5.98. The van der Waals surface area contributed by atoms with Crippen LogP contribution in [0.2, 0.25) is 0 Å². The molecule has 3 aromatic carbocycles. The highest BCUT2D eigenvalue weighted by atomic mass is 19.1. The van der Waals surface area contributed by atoms with E-state index in [0.717, 1.165) is 16.7 Å². The van der Waals surface area contributed by atoms with Gasteiger partial charge in [-0.05, 0) is 36.2 Å². The van der Waals surface area contributed by atoms with E-state index in [-0.39, 0.29) is 30.1 Å². The topological polar surface area (TPSA) is 43.9 Å². The normalized spacial score (nSPS) is 16.5. The van der Waals surface area contributed by atoms with Crippen molar-refractivity contribution >= 4 is 17.5 Å². The third kappa shape index (κ3) is 4.28. The minimum atomic E-state index is -0.336. The molecule has 0 radical (unpaired) electrons. The fourth-order valence-electron chi connectivity index (χ4n) is 4.92. The Morgan fingerprint density at radius 2 is 1.59 bits per heavy atom. The summed E-state index contributed by atoms with van der Waals surface area (Å²) in [5.41, 5.74) is 4.38. The second-order valence-corrected chi connectivity index (χ2v) is 9.04. The molecule has 0 N–H and O–H groups in total. The van der Waals surface area contributed by atoms with Gasteiger partial charge in [-0.2, -0.15) is 0 Å². The molecule has 0 unspecified atom stereocenters. The first kappa shape index (κ1) is 22.1. The number of para-hydroxylation sites is 1. The van der Waals surface area contributed by atoms with Crippen LogP contribution in [0.15, 0.2) is 72.8 Å². The van der Waals surface area contributed by atoms with Gasteiger partial charge in [-0.25, -0.2) is 4.39 Å². The van der Waals surface area contributed by atoms with Gasteiger partial charge in [-0.15, -0.1) is 0 Å². The van der Waals surface area contributed by atoms with E-state index in [0.29, 0.717) is 44.0 Å². The standard InChI is InChI=1S/C28H28FN3O2/c1-20-10-12-21(13-11-20)26(32-19-22-6-2-3-7-23(22)28(32)34)18-27(33)31-16-14-30(15-17-31)25-9-5-4-8-24(25)29/h2-13,26H,14-19H2,1H3/t26-/m0/s1. The lowest BCUT2D eigenvalue weighted by molar-refractivity contribution is -0.132. The SMILES string of the molecule is Cc1ccc([C@H](CC(=O)N2CCN(c3ccccc3F)CC2)N2Cc3ccccc3C2=O)cc1. The average Bonchev–Trinajstić information content (AvgIpc) is 3.20. The average molecular weight is 458 g/mol. The Hall–Kier alpha value is -3.67. The number of fused-ring (bicyclic) bond motifs is 1. The molecule has 1 saturated heterocycles. The Morgan fingerprint density at radius 1 is 0.912 bits per heavy atom. The van der Waals surface area contributed by atoms with Gasteiger partial charge in [0.05, 0.1) is 18.2 Å². The van der Waals surface area contributed by atoms with E-state index in [4.69, 9.17) is 0 Å². The maximum absolute atomic E-state index is 14.2. The molecule has 2 aliphatic rings. The van der Waals surface area contributed by atoms with Crippen molar-refractivity contribution in [2.75, 3.05) is 31.1 Å². The fourth-order valence-corrected chi connectivity index (χ4v) is 4.92. The van der Waals surface area contributed by atoms with Gasteiger partial charge in [-0.1, -0.05) is 60.2 Å². The molecule has 1 fully saturated rings. The zero-order chi connectivity index (χ0) is 23.7. The second kappa shape index (κ2) is 9.29. The van der Waals surface area contributed by atoms with Crippen molar-refractivity contribution in [3.63, 3.8) is 0 Å². The summed E-state index contributed by atoms with van der Waals surface area (Å²) in [6.07, 6.45) is 0.225. The van der Waals surface area contributed by atoms with E-state index in [1.165, 1.54) is 6.07 Å². The van der Waals surface area contributed by atoms with Gasteiger partial charge in [0, 0.05) is 38.3 Å². The predicted molar refractivity (Wildman–Crippen MR) is 130 cm³/mol. The highest BCUT2D eigenvalue weighted by Crippen LogP contribution is 2.34. The van der Waals surface area contributed by atoms with Crippen molar-refractivity contribution in [1.29, 1.82) is 0 Å². The number of aryl methyl sites for hydroxylation is 1. The summed E-state index contributed by atoms with van der Waals surface area (Å²) in [5, 5.41) is 0. The maximum atomic E-state index is 14.2. The molecule has 3 aromatic rings. The Kier molecular flexibility index (Phi) is 6.05. The number of benzene rings is 3. The Morgan fingerprint density at radius 3 is 2.29 bits per heavy atom. The molecule has 6 heteroatoms. The van der Waals surface area contributed by atoms with E-state index in [1.807, 2.05) is 76.2 Å². The van der Waals surface area contributed by atoms with Crippen molar-refractivity contribution in [2.24, 2.45) is 0 Å². The second-order valence-electron chi connectivity index (χ2n) is 9.04. The molecule has 174 valence electrons. The van der Waals surface area contributed by atoms with Crippen molar-refractivity contribution in [3.8, 4) is 0 Å². The summed E-state index contributed by atoms with van der Waals surface area (Å²) >= 11 is 0. The van der Waals surface area contributed by atoms with Gasteiger partial charge < -0.3 is 14.7 Å². The first-order valence-corrected chi connectivity index (χ1v) is 11.7. The fraction of sp³-hybridized carbons (Fsp3) is 0.286. The van der Waals surface area contributed by atoms with E-state index >= 15 is 0 Å². The highest BCUT2D eigenvalue weighted by Gasteiger charge is 2.35. The Bertz CT molecular complexity index is 1200. The molecule has 1 atom stereocenters. The maximum Gasteiger partial charge on any atom is 0.255 e. The summed E-state index contributed by atoms with van der Waals surface area (Å²) in [6.45, 7) is 4.74. The largest absolute Gasteiger partial charge is 0.366 e. The van der Waals surface area contributed by atoms with Crippen LogP contribution in [0, 0.1) is 12.7 Å². The predicted octanol–water partition coefficient (Wildman–Crippen LogP) is 4.57. The molecule has 2 heterocycles. The minimum absolute atomic E-state index is 0.0162. The third-order valence-corrected chi connectivity index (χ3v) is 6.88. The van der Waals surface area contributed by atoms with Crippen LogP contribution in [0.1, 0.15) is 39.5 Å². The number of amides is 2. The van der Waals surface area contributed by atoms with Gasteiger partial charge in [0.1, 0.15) is 5.82 Å². The number of nitrogens with zero attached hydrogens (tertiary/aromatic N) is 3. The van der Waals surface area contributed by atoms with Gasteiger partial charge in [0.25, 0.3) is 5.91 Å². The molecule has 5 nitrogen and oxygen atoms in total. The molecule has 2 aliphatic heterocycles. The molecule has 2 amide bonds. The van der Waals surface area contributed by atoms with Gasteiger partial charge in [-0.3, -0.25) is 9.59 Å². The van der Waals surface area contributed by atoms with Crippen molar-refractivity contribution in [1.82, 2.24) is 9.80 Å². The molecular formula is C28H28FN3O2. The van der Waals surface area contributed by atoms with Gasteiger partial charge in [0.15, 0.2) is 0 Å².